The summed E-state index contributed by atoms with van der Waals surface area (Å²) in [5, 5.41) is 10.3. The standard InChI is InChI=1S/C19H24N4O3S/c1-12-6-13(2)8-14(7-12)19(25)21-18-15-10-27-11-16(15)22-23(18)9-17(24)20-4-5-26-3/h6-8H,4-5,9-11H2,1-3H3,(H,20,24)(H,21,25). The summed E-state index contributed by atoms with van der Waals surface area (Å²) in [4.78, 5) is 25.0. The zero-order valence-electron chi connectivity index (χ0n) is 15.8. The summed E-state index contributed by atoms with van der Waals surface area (Å²) >= 11 is 1.75. The van der Waals surface area contributed by atoms with Crippen molar-refractivity contribution in [2.24, 2.45) is 0 Å². The van der Waals surface area contributed by atoms with Gasteiger partial charge in [-0.1, -0.05) is 17.2 Å². The molecule has 1 aromatic carbocycles. The molecule has 3 rings (SSSR count). The molecule has 1 aliphatic rings. The van der Waals surface area contributed by atoms with E-state index in [1.807, 2.05) is 32.0 Å². The maximum Gasteiger partial charge on any atom is 0.256 e. The zero-order valence-corrected chi connectivity index (χ0v) is 16.6. The number of methoxy groups -OCH3 is 1. The fourth-order valence-corrected chi connectivity index (χ4v) is 4.13. The Balaban J connectivity index is 1.79. The first-order chi connectivity index (χ1) is 13.0. The third kappa shape index (κ3) is 4.70. The van der Waals surface area contributed by atoms with Gasteiger partial charge in [-0.3, -0.25) is 9.59 Å². The van der Waals surface area contributed by atoms with Crippen molar-refractivity contribution >= 4 is 29.4 Å². The zero-order chi connectivity index (χ0) is 19.4. The quantitative estimate of drug-likeness (QED) is 0.711. The fraction of sp³-hybridized carbons (Fsp3) is 0.421. The van der Waals surface area contributed by atoms with Crippen LogP contribution in [0.15, 0.2) is 18.2 Å². The van der Waals surface area contributed by atoms with Crippen molar-refractivity contribution in [2.75, 3.05) is 25.6 Å². The number of nitrogens with zero attached hydrogens (tertiary/aromatic N) is 2. The second-order valence-electron chi connectivity index (χ2n) is 6.60. The van der Waals surface area contributed by atoms with E-state index in [0.717, 1.165) is 33.9 Å². The Morgan fingerprint density at radius 2 is 1.96 bits per heavy atom. The molecule has 144 valence electrons. The molecule has 2 aromatic rings. The Bertz CT molecular complexity index is 843. The van der Waals surface area contributed by atoms with Gasteiger partial charge in [0.2, 0.25) is 5.91 Å². The van der Waals surface area contributed by atoms with Gasteiger partial charge in [-0.15, -0.1) is 0 Å². The molecule has 27 heavy (non-hydrogen) atoms. The second kappa shape index (κ2) is 8.58. The first-order valence-corrected chi connectivity index (χ1v) is 9.95. The van der Waals surface area contributed by atoms with E-state index in [2.05, 4.69) is 15.7 Å². The number of aryl methyl sites for hydroxylation is 2. The molecule has 0 unspecified atom stereocenters. The summed E-state index contributed by atoms with van der Waals surface area (Å²) in [5.41, 5.74) is 4.60. The number of aromatic nitrogens is 2. The number of hydrogen-bond acceptors (Lipinski definition) is 5. The molecule has 1 aliphatic heterocycles. The molecule has 0 bridgehead atoms. The number of carbonyl (C=O) groups excluding carboxylic acids is 2. The van der Waals surface area contributed by atoms with Gasteiger partial charge < -0.3 is 15.4 Å². The second-order valence-corrected chi connectivity index (χ2v) is 7.58. The molecule has 7 nitrogen and oxygen atoms in total. The van der Waals surface area contributed by atoms with Gasteiger partial charge in [-0.05, 0) is 26.0 Å². The van der Waals surface area contributed by atoms with Crippen molar-refractivity contribution in [3.8, 4) is 0 Å². The largest absolute Gasteiger partial charge is 0.383 e. The summed E-state index contributed by atoms with van der Waals surface area (Å²) < 4.78 is 6.53. The summed E-state index contributed by atoms with van der Waals surface area (Å²) in [6.45, 7) is 4.88. The lowest BCUT2D eigenvalue weighted by Gasteiger charge is -2.12. The van der Waals surface area contributed by atoms with Crippen molar-refractivity contribution < 1.29 is 14.3 Å². The lowest BCUT2D eigenvalue weighted by atomic mass is 10.1. The van der Waals surface area contributed by atoms with Crippen molar-refractivity contribution in [1.29, 1.82) is 0 Å². The van der Waals surface area contributed by atoms with E-state index in [1.165, 1.54) is 0 Å². The molecule has 0 saturated heterocycles. The third-order valence-corrected chi connectivity index (χ3v) is 5.23. The van der Waals surface area contributed by atoms with E-state index in [1.54, 1.807) is 23.6 Å². The number of fused-ring (bicyclic) bond motifs is 1. The Hall–Kier alpha value is -2.32. The molecule has 8 heteroatoms. The molecule has 2 amide bonds. The van der Waals surface area contributed by atoms with Crippen LogP contribution >= 0.6 is 11.8 Å². The van der Waals surface area contributed by atoms with E-state index >= 15 is 0 Å². The minimum atomic E-state index is -0.192. The molecule has 0 fully saturated rings. The lowest BCUT2D eigenvalue weighted by molar-refractivity contribution is -0.122. The van der Waals surface area contributed by atoms with Gasteiger partial charge in [0.1, 0.15) is 12.4 Å². The fourth-order valence-electron chi connectivity index (χ4n) is 3.09. The number of benzene rings is 1. The van der Waals surface area contributed by atoms with Gasteiger partial charge in [0, 0.05) is 36.3 Å². The Kier molecular flexibility index (Phi) is 6.18. The predicted octanol–water partition coefficient (Wildman–Crippen LogP) is 2.26. The van der Waals surface area contributed by atoms with Crippen LogP contribution in [0.3, 0.4) is 0 Å². The van der Waals surface area contributed by atoms with Crippen LogP contribution in [0.5, 0.6) is 0 Å². The number of thioether (sulfide) groups is 1. The molecule has 0 spiro atoms. The Morgan fingerprint density at radius 3 is 2.67 bits per heavy atom. The Labute approximate surface area is 162 Å². The molecule has 2 N–H and O–H groups in total. The van der Waals surface area contributed by atoms with Crippen molar-refractivity contribution in [3.63, 3.8) is 0 Å². The number of anilines is 1. The molecule has 1 aromatic heterocycles. The highest BCUT2D eigenvalue weighted by atomic mass is 32.2. The van der Waals surface area contributed by atoms with Crippen molar-refractivity contribution in [1.82, 2.24) is 15.1 Å². The van der Waals surface area contributed by atoms with Crippen molar-refractivity contribution in [2.45, 2.75) is 31.9 Å². The highest BCUT2D eigenvalue weighted by Gasteiger charge is 2.25. The van der Waals surface area contributed by atoms with Crippen LogP contribution in [0.2, 0.25) is 0 Å². The van der Waals surface area contributed by atoms with Crippen molar-refractivity contribution in [3.05, 3.63) is 46.1 Å². The lowest BCUT2D eigenvalue weighted by Crippen LogP contribution is -2.31. The van der Waals surface area contributed by atoms with E-state index in [0.29, 0.717) is 24.5 Å². The number of carbonyl (C=O) groups is 2. The molecule has 0 aliphatic carbocycles. The van der Waals surface area contributed by atoms with E-state index in [-0.39, 0.29) is 18.4 Å². The number of amides is 2. The molecule has 0 saturated carbocycles. The van der Waals surface area contributed by atoms with Gasteiger partial charge in [0.25, 0.3) is 5.91 Å². The maximum atomic E-state index is 12.8. The third-order valence-electron chi connectivity index (χ3n) is 4.26. The first kappa shape index (κ1) is 19.4. The highest BCUT2D eigenvalue weighted by molar-refractivity contribution is 7.98. The van der Waals surface area contributed by atoms with Gasteiger partial charge in [0.15, 0.2) is 0 Å². The van der Waals surface area contributed by atoms with Crippen LogP contribution in [0, 0.1) is 13.8 Å². The average molecular weight is 388 g/mol. The Morgan fingerprint density at radius 1 is 1.22 bits per heavy atom. The van der Waals surface area contributed by atoms with Crippen LogP contribution in [-0.2, 0) is 27.6 Å². The first-order valence-electron chi connectivity index (χ1n) is 8.79. The maximum absolute atomic E-state index is 12.8. The highest BCUT2D eigenvalue weighted by Crippen LogP contribution is 2.34. The number of hydrogen-bond donors (Lipinski definition) is 2. The van der Waals surface area contributed by atoms with Crippen LogP contribution in [0.4, 0.5) is 5.82 Å². The van der Waals surface area contributed by atoms with Crippen LogP contribution in [0.25, 0.3) is 0 Å². The monoisotopic (exact) mass is 388 g/mol. The summed E-state index contributed by atoms with van der Waals surface area (Å²) in [6, 6.07) is 5.74. The van der Waals surface area contributed by atoms with Crippen LogP contribution < -0.4 is 10.6 Å². The summed E-state index contributed by atoms with van der Waals surface area (Å²) in [7, 11) is 1.59. The van der Waals surface area contributed by atoms with E-state index in [9.17, 15) is 9.59 Å². The van der Waals surface area contributed by atoms with Gasteiger partial charge in [0.05, 0.1) is 12.3 Å². The SMILES string of the molecule is COCCNC(=O)Cn1nc2c(c1NC(=O)c1cc(C)cc(C)c1)CSC2. The topological polar surface area (TPSA) is 85.2 Å². The number of rotatable bonds is 7. The van der Waals surface area contributed by atoms with Gasteiger partial charge in [-0.25, -0.2) is 4.68 Å². The molecular weight excluding hydrogens is 364 g/mol. The van der Waals surface area contributed by atoms with E-state index < -0.39 is 0 Å². The molecule has 0 atom stereocenters. The minimum absolute atomic E-state index is 0.0594. The summed E-state index contributed by atoms with van der Waals surface area (Å²) in [5.74, 6) is 1.83. The minimum Gasteiger partial charge on any atom is -0.383 e. The number of nitrogens with one attached hydrogen (secondary N) is 2. The molecule has 0 radical (unpaired) electrons. The molecule has 2 heterocycles. The number of ether oxygens (including phenoxy) is 1. The average Bonchev–Trinajstić information content (AvgIpc) is 3.17. The smallest absolute Gasteiger partial charge is 0.256 e. The van der Waals surface area contributed by atoms with Gasteiger partial charge in [-0.2, -0.15) is 16.9 Å². The predicted molar refractivity (Wildman–Crippen MR) is 106 cm³/mol. The summed E-state index contributed by atoms with van der Waals surface area (Å²) in [6.07, 6.45) is 0. The van der Waals surface area contributed by atoms with Gasteiger partial charge >= 0.3 is 0 Å². The molecular formula is C19H24N4O3S. The van der Waals surface area contributed by atoms with Crippen LogP contribution in [0.1, 0.15) is 32.7 Å². The van der Waals surface area contributed by atoms with Crippen LogP contribution in [-0.4, -0.2) is 41.9 Å². The normalized spacial score (nSPS) is 12.7. The van der Waals surface area contributed by atoms with E-state index in [4.69, 9.17) is 4.74 Å².